The van der Waals surface area contributed by atoms with Gasteiger partial charge in [0.1, 0.15) is 0 Å². The molecule has 0 atom stereocenters. The van der Waals surface area contributed by atoms with Gasteiger partial charge in [-0.3, -0.25) is 15.1 Å². The lowest BCUT2D eigenvalue weighted by Crippen LogP contribution is -2.41. The molecule has 0 bridgehead atoms. The predicted octanol–water partition coefficient (Wildman–Crippen LogP) is 6.06. The Morgan fingerprint density at radius 1 is 0.815 bits per heavy atom. The zero-order valence-electron chi connectivity index (χ0n) is 18.2. The number of unbranched alkanes of at least 4 members (excludes halogenated alkanes) is 14. The van der Waals surface area contributed by atoms with Crippen molar-refractivity contribution in [3.63, 3.8) is 0 Å². The maximum absolute atomic E-state index is 12.0. The second-order valence-corrected chi connectivity index (χ2v) is 8.03. The smallest absolute Gasteiger partial charge is 0.226 e. The molecule has 0 aliphatic carbocycles. The van der Waals surface area contributed by atoms with Gasteiger partial charge in [-0.05, 0) is 13.3 Å². The first-order chi connectivity index (χ1) is 13.3. The Hall–Kier alpha value is -1.06. The molecule has 0 radical (unpaired) electrons. The van der Waals surface area contributed by atoms with Gasteiger partial charge in [0.05, 0.1) is 6.54 Å². The molecule has 0 unspecified atom stereocenters. The highest BCUT2D eigenvalue weighted by atomic mass is 16.1. The maximum Gasteiger partial charge on any atom is 0.226 e. The molecule has 1 rings (SSSR count). The number of amides is 1. The van der Waals surface area contributed by atoms with E-state index in [4.69, 9.17) is 0 Å². The topological polar surface area (TPSA) is 44.7 Å². The van der Waals surface area contributed by atoms with Crippen LogP contribution < -0.4 is 5.32 Å². The largest absolute Gasteiger partial charge is 0.341 e. The summed E-state index contributed by atoms with van der Waals surface area (Å²) in [6.45, 7) is 7.04. The van der Waals surface area contributed by atoms with Crippen molar-refractivity contribution >= 4 is 11.9 Å². The molecule has 0 aromatic rings. The van der Waals surface area contributed by atoms with Crippen LogP contribution in [0.5, 0.6) is 0 Å². The summed E-state index contributed by atoms with van der Waals surface area (Å²) in [4.78, 5) is 18.5. The Morgan fingerprint density at radius 2 is 1.30 bits per heavy atom. The SMILES string of the molecule is CCCCCCCCCCCCCCCCCC(=O)NC1=NCCN1CC. The average Bonchev–Trinajstić information content (AvgIpc) is 3.12. The Balaban J connectivity index is 1.79. The summed E-state index contributed by atoms with van der Waals surface area (Å²) < 4.78 is 0. The minimum atomic E-state index is 0.129. The van der Waals surface area contributed by atoms with Gasteiger partial charge in [-0.15, -0.1) is 0 Å². The highest BCUT2D eigenvalue weighted by Crippen LogP contribution is 2.13. The Morgan fingerprint density at radius 3 is 1.78 bits per heavy atom. The van der Waals surface area contributed by atoms with Gasteiger partial charge < -0.3 is 4.90 Å². The molecule has 0 saturated heterocycles. The van der Waals surface area contributed by atoms with Gasteiger partial charge in [0, 0.05) is 19.5 Å². The van der Waals surface area contributed by atoms with Crippen molar-refractivity contribution in [2.75, 3.05) is 19.6 Å². The van der Waals surface area contributed by atoms with E-state index >= 15 is 0 Å². The van der Waals surface area contributed by atoms with Crippen LogP contribution in [0.4, 0.5) is 0 Å². The molecule has 27 heavy (non-hydrogen) atoms. The molecular weight excluding hydrogens is 334 g/mol. The average molecular weight is 380 g/mol. The summed E-state index contributed by atoms with van der Waals surface area (Å²) in [6, 6.07) is 0. The van der Waals surface area contributed by atoms with Crippen LogP contribution in [0.1, 0.15) is 117 Å². The summed E-state index contributed by atoms with van der Waals surface area (Å²) in [7, 11) is 0. The van der Waals surface area contributed by atoms with E-state index < -0.39 is 0 Å². The normalized spacial score (nSPS) is 13.9. The summed E-state index contributed by atoms with van der Waals surface area (Å²) >= 11 is 0. The number of hydrogen-bond acceptors (Lipinski definition) is 3. The Bertz CT molecular complexity index is 395. The Labute approximate surface area is 168 Å². The molecular formula is C23H45N3O. The summed E-state index contributed by atoms with van der Waals surface area (Å²) in [5.74, 6) is 0.909. The monoisotopic (exact) mass is 379 g/mol. The quantitative estimate of drug-likeness (QED) is 0.312. The highest BCUT2D eigenvalue weighted by Gasteiger charge is 2.16. The molecule has 4 nitrogen and oxygen atoms in total. The van der Waals surface area contributed by atoms with Crippen LogP contribution in [0, 0.1) is 0 Å². The molecule has 0 fully saturated rings. The minimum Gasteiger partial charge on any atom is -0.341 e. The number of nitrogens with one attached hydrogen (secondary N) is 1. The molecule has 1 heterocycles. The molecule has 1 amide bonds. The zero-order valence-corrected chi connectivity index (χ0v) is 18.2. The van der Waals surface area contributed by atoms with Crippen LogP contribution in [0.25, 0.3) is 0 Å². The third-order valence-electron chi connectivity index (χ3n) is 5.57. The number of nitrogens with zero attached hydrogens (tertiary/aromatic N) is 2. The molecule has 0 saturated carbocycles. The minimum absolute atomic E-state index is 0.129. The van der Waals surface area contributed by atoms with Gasteiger partial charge >= 0.3 is 0 Å². The van der Waals surface area contributed by atoms with Crippen LogP contribution in [0.3, 0.4) is 0 Å². The maximum atomic E-state index is 12.0. The fourth-order valence-corrected chi connectivity index (χ4v) is 3.75. The van der Waals surface area contributed by atoms with Gasteiger partial charge in [0.25, 0.3) is 0 Å². The first-order valence-electron chi connectivity index (χ1n) is 11.9. The van der Waals surface area contributed by atoms with Crippen molar-refractivity contribution in [1.29, 1.82) is 0 Å². The molecule has 1 N–H and O–H groups in total. The number of rotatable bonds is 17. The van der Waals surface area contributed by atoms with Gasteiger partial charge in [0.2, 0.25) is 11.9 Å². The van der Waals surface area contributed by atoms with E-state index in [1.165, 1.54) is 89.9 Å². The van der Waals surface area contributed by atoms with E-state index in [9.17, 15) is 4.79 Å². The second-order valence-electron chi connectivity index (χ2n) is 8.03. The number of carbonyl (C=O) groups excluding carboxylic acids is 1. The van der Waals surface area contributed by atoms with E-state index in [2.05, 4.69) is 29.1 Å². The first-order valence-corrected chi connectivity index (χ1v) is 11.9. The van der Waals surface area contributed by atoms with Crippen LogP contribution in [0.15, 0.2) is 4.99 Å². The molecule has 158 valence electrons. The van der Waals surface area contributed by atoms with Gasteiger partial charge in [-0.1, -0.05) is 96.8 Å². The number of guanidine groups is 1. The van der Waals surface area contributed by atoms with Gasteiger partial charge in [-0.25, -0.2) is 0 Å². The van der Waals surface area contributed by atoms with E-state index in [1.807, 2.05) is 0 Å². The number of likely N-dealkylation sites (N-methyl/N-ethyl adjacent to an activating group) is 1. The van der Waals surface area contributed by atoms with Crippen LogP contribution in [-0.2, 0) is 4.79 Å². The van der Waals surface area contributed by atoms with Crippen LogP contribution in [0.2, 0.25) is 0 Å². The van der Waals surface area contributed by atoms with Crippen molar-refractivity contribution in [3.8, 4) is 0 Å². The third-order valence-corrected chi connectivity index (χ3v) is 5.57. The molecule has 0 aromatic heterocycles. The number of hydrogen-bond donors (Lipinski definition) is 1. The highest BCUT2D eigenvalue weighted by molar-refractivity contribution is 5.97. The van der Waals surface area contributed by atoms with Crippen molar-refractivity contribution < 1.29 is 4.79 Å². The van der Waals surface area contributed by atoms with Crippen LogP contribution >= 0.6 is 0 Å². The predicted molar refractivity (Wildman–Crippen MR) is 117 cm³/mol. The first kappa shape index (κ1) is 24.0. The van der Waals surface area contributed by atoms with Crippen molar-refractivity contribution in [1.82, 2.24) is 10.2 Å². The fourth-order valence-electron chi connectivity index (χ4n) is 3.75. The molecule has 1 aliphatic heterocycles. The van der Waals surface area contributed by atoms with E-state index in [0.717, 1.165) is 32.0 Å². The lowest BCUT2D eigenvalue weighted by molar-refractivity contribution is -0.119. The van der Waals surface area contributed by atoms with Crippen molar-refractivity contribution in [2.24, 2.45) is 4.99 Å². The lowest BCUT2D eigenvalue weighted by Gasteiger charge is -2.17. The molecule has 0 aromatic carbocycles. The Kier molecular flexibility index (Phi) is 15.2. The number of aliphatic imine (C=N–C) groups is 1. The molecule has 4 heteroatoms. The molecule has 1 aliphatic rings. The van der Waals surface area contributed by atoms with Gasteiger partial charge in [-0.2, -0.15) is 0 Å². The standard InChI is InChI=1S/C23H45N3O/c1-3-5-6-7-8-9-10-11-12-13-14-15-16-17-18-19-22(27)25-23-24-20-21-26(23)4-2/h3-21H2,1-2H3,(H,24,25,27). The van der Waals surface area contributed by atoms with Crippen molar-refractivity contribution in [2.45, 2.75) is 117 Å². The zero-order chi connectivity index (χ0) is 19.6. The van der Waals surface area contributed by atoms with Gasteiger partial charge in [0.15, 0.2) is 0 Å². The van der Waals surface area contributed by atoms with E-state index in [1.54, 1.807) is 0 Å². The van der Waals surface area contributed by atoms with Crippen LogP contribution in [-0.4, -0.2) is 36.4 Å². The van der Waals surface area contributed by atoms with E-state index in [-0.39, 0.29) is 5.91 Å². The fraction of sp³-hybridized carbons (Fsp3) is 0.913. The molecule has 0 spiro atoms. The lowest BCUT2D eigenvalue weighted by atomic mass is 10.0. The second kappa shape index (κ2) is 17.1. The third kappa shape index (κ3) is 12.9. The summed E-state index contributed by atoms with van der Waals surface area (Å²) in [6.07, 6.45) is 21.0. The van der Waals surface area contributed by atoms with E-state index in [0.29, 0.717) is 6.42 Å². The van der Waals surface area contributed by atoms with Crippen molar-refractivity contribution in [3.05, 3.63) is 0 Å². The summed E-state index contributed by atoms with van der Waals surface area (Å²) in [5.41, 5.74) is 0. The summed E-state index contributed by atoms with van der Waals surface area (Å²) in [5, 5.41) is 2.97. The number of carbonyl (C=O) groups is 1.